The third-order valence-corrected chi connectivity index (χ3v) is 2.77. The molecule has 3 N–H and O–H groups in total. The molecule has 0 saturated carbocycles. The van der Waals surface area contributed by atoms with E-state index in [1.165, 1.54) is 0 Å². The third-order valence-electron chi connectivity index (χ3n) is 2.77. The van der Waals surface area contributed by atoms with Crippen molar-refractivity contribution in [2.75, 3.05) is 6.54 Å². The van der Waals surface area contributed by atoms with Crippen LogP contribution in [0.5, 0.6) is 0 Å². The molecule has 0 fully saturated rings. The molecule has 0 spiro atoms. The summed E-state index contributed by atoms with van der Waals surface area (Å²) in [4.78, 5) is 18.0. The summed E-state index contributed by atoms with van der Waals surface area (Å²) in [6.45, 7) is 5.43. The molecule has 5 heteroatoms. The molecule has 0 bridgehead atoms. The molecule has 0 aliphatic carbocycles. The molecule has 5 nitrogen and oxygen atoms in total. The second-order valence-corrected chi connectivity index (χ2v) is 3.82. The zero-order chi connectivity index (χ0) is 12.7. The summed E-state index contributed by atoms with van der Waals surface area (Å²) in [5, 5.41) is 0. The minimum absolute atomic E-state index is 0.148. The number of pyridine rings is 1. The molecule has 0 radical (unpaired) electrons. The van der Waals surface area contributed by atoms with E-state index in [1.807, 2.05) is 32.0 Å². The number of nitrogens with one attached hydrogen (secondary N) is 1. The van der Waals surface area contributed by atoms with Gasteiger partial charge in [0.15, 0.2) is 0 Å². The third kappa shape index (κ3) is 3.80. The van der Waals surface area contributed by atoms with Crippen LogP contribution in [0, 0.1) is 0 Å². The van der Waals surface area contributed by atoms with Crippen molar-refractivity contribution in [1.29, 1.82) is 0 Å². The number of hydrogen-bond donors (Lipinski definition) is 2. The Labute approximate surface area is 102 Å². The first-order chi connectivity index (χ1) is 8.22. The molecule has 1 aromatic heterocycles. The van der Waals surface area contributed by atoms with Crippen molar-refractivity contribution < 1.29 is 4.79 Å². The maximum absolute atomic E-state index is 11.6. The molecule has 0 saturated heterocycles. The van der Waals surface area contributed by atoms with Gasteiger partial charge in [0.1, 0.15) is 0 Å². The van der Waals surface area contributed by atoms with Gasteiger partial charge in [-0.15, -0.1) is 0 Å². The van der Waals surface area contributed by atoms with E-state index in [-0.39, 0.29) is 11.9 Å². The fraction of sp³-hybridized carbons (Fsp3) is 0.500. The van der Waals surface area contributed by atoms with Crippen LogP contribution in [0.4, 0.5) is 0 Å². The number of likely N-dealkylation sites (N-methyl/N-ethyl adjacent to an activating group) is 1. The maximum atomic E-state index is 11.6. The maximum Gasteiger partial charge on any atom is 0.251 e. The fourth-order valence-electron chi connectivity index (χ4n) is 1.85. The Bertz CT molecular complexity index is 342. The highest BCUT2D eigenvalue weighted by molar-refractivity contribution is 5.81. The first-order valence-corrected chi connectivity index (χ1v) is 5.87. The highest BCUT2D eigenvalue weighted by Gasteiger charge is 2.22. The van der Waals surface area contributed by atoms with Gasteiger partial charge in [-0.3, -0.25) is 20.1 Å². The van der Waals surface area contributed by atoms with Crippen molar-refractivity contribution >= 4 is 5.91 Å². The molecular weight excluding hydrogens is 216 g/mol. The molecule has 1 rings (SSSR count). The van der Waals surface area contributed by atoms with E-state index < -0.39 is 0 Å². The predicted molar refractivity (Wildman–Crippen MR) is 66.7 cm³/mol. The summed E-state index contributed by atoms with van der Waals surface area (Å²) in [5.74, 6) is 5.04. The van der Waals surface area contributed by atoms with Crippen molar-refractivity contribution in [3.63, 3.8) is 0 Å². The Balaban J connectivity index is 2.73. The SMILES string of the molecule is CCC(C(=O)NN)N(CC)Cc1ccccn1. The van der Waals surface area contributed by atoms with E-state index in [1.54, 1.807) is 6.20 Å². The smallest absolute Gasteiger partial charge is 0.251 e. The van der Waals surface area contributed by atoms with Crippen LogP contribution in [-0.4, -0.2) is 28.4 Å². The number of carbonyl (C=O) groups is 1. The van der Waals surface area contributed by atoms with Crippen molar-refractivity contribution in [2.24, 2.45) is 5.84 Å². The number of carbonyl (C=O) groups excluding carboxylic acids is 1. The number of aromatic nitrogens is 1. The molecule has 1 amide bonds. The van der Waals surface area contributed by atoms with E-state index in [2.05, 4.69) is 15.3 Å². The number of nitrogens with zero attached hydrogens (tertiary/aromatic N) is 2. The van der Waals surface area contributed by atoms with Gasteiger partial charge in [0.2, 0.25) is 0 Å². The molecule has 0 aliphatic heterocycles. The summed E-state index contributed by atoms with van der Waals surface area (Å²) in [6.07, 6.45) is 2.48. The highest BCUT2D eigenvalue weighted by Crippen LogP contribution is 2.09. The largest absolute Gasteiger partial charge is 0.293 e. The van der Waals surface area contributed by atoms with Crippen molar-refractivity contribution in [3.8, 4) is 0 Å². The van der Waals surface area contributed by atoms with Gasteiger partial charge in [0.25, 0.3) is 5.91 Å². The first kappa shape index (κ1) is 13.6. The van der Waals surface area contributed by atoms with Crippen molar-refractivity contribution in [3.05, 3.63) is 30.1 Å². The Hall–Kier alpha value is -1.46. The van der Waals surface area contributed by atoms with Crippen molar-refractivity contribution in [2.45, 2.75) is 32.9 Å². The lowest BCUT2D eigenvalue weighted by Gasteiger charge is -2.27. The van der Waals surface area contributed by atoms with Crippen molar-refractivity contribution in [1.82, 2.24) is 15.3 Å². The van der Waals surface area contributed by atoms with E-state index in [9.17, 15) is 4.79 Å². The second-order valence-electron chi connectivity index (χ2n) is 3.82. The predicted octanol–water partition coefficient (Wildman–Crippen LogP) is 0.672. The van der Waals surface area contributed by atoms with Gasteiger partial charge < -0.3 is 0 Å². The number of hydrogen-bond acceptors (Lipinski definition) is 4. The Kier molecular flexibility index (Phi) is 5.59. The molecule has 1 atom stereocenters. The van der Waals surface area contributed by atoms with Gasteiger partial charge in [-0.2, -0.15) is 0 Å². The molecule has 94 valence electrons. The van der Waals surface area contributed by atoms with Crippen LogP contribution in [0.2, 0.25) is 0 Å². The fourth-order valence-corrected chi connectivity index (χ4v) is 1.85. The average Bonchev–Trinajstić information content (AvgIpc) is 2.39. The molecule has 1 aromatic rings. The molecule has 0 aromatic carbocycles. The van der Waals surface area contributed by atoms with Gasteiger partial charge in [-0.05, 0) is 25.1 Å². The molecular formula is C12H20N4O. The van der Waals surface area contributed by atoms with E-state index >= 15 is 0 Å². The Morgan fingerprint density at radius 1 is 1.53 bits per heavy atom. The normalized spacial score (nSPS) is 12.5. The lowest BCUT2D eigenvalue weighted by Crippen LogP contribution is -2.48. The first-order valence-electron chi connectivity index (χ1n) is 5.87. The van der Waals surface area contributed by atoms with Crippen LogP contribution in [0.15, 0.2) is 24.4 Å². The molecule has 1 heterocycles. The lowest BCUT2D eigenvalue weighted by molar-refractivity contribution is -0.126. The minimum Gasteiger partial charge on any atom is -0.293 e. The highest BCUT2D eigenvalue weighted by atomic mass is 16.2. The van der Waals surface area contributed by atoms with E-state index in [0.717, 1.165) is 18.7 Å². The number of amides is 1. The van der Waals surface area contributed by atoms with Crippen LogP contribution in [-0.2, 0) is 11.3 Å². The molecule has 0 aliphatic rings. The standard InChI is InChI=1S/C12H20N4O/c1-3-11(12(17)15-13)16(4-2)9-10-7-5-6-8-14-10/h5-8,11H,3-4,9,13H2,1-2H3,(H,15,17). The van der Waals surface area contributed by atoms with Gasteiger partial charge in [0.05, 0.1) is 11.7 Å². The van der Waals surface area contributed by atoms with Crippen LogP contribution in [0.3, 0.4) is 0 Å². The number of nitrogens with two attached hydrogens (primary N) is 1. The van der Waals surface area contributed by atoms with Crippen LogP contribution in [0.25, 0.3) is 0 Å². The van der Waals surface area contributed by atoms with Crippen LogP contribution >= 0.6 is 0 Å². The monoisotopic (exact) mass is 236 g/mol. The summed E-state index contributed by atoms with van der Waals surface area (Å²) < 4.78 is 0. The second kappa shape index (κ2) is 6.98. The van der Waals surface area contributed by atoms with Gasteiger partial charge in [0, 0.05) is 12.7 Å². The van der Waals surface area contributed by atoms with Crippen LogP contribution < -0.4 is 11.3 Å². The lowest BCUT2D eigenvalue weighted by atomic mass is 10.1. The summed E-state index contributed by atoms with van der Waals surface area (Å²) in [6, 6.07) is 5.58. The Morgan fingerprint density at radius 3 is 2.76 bits per heavy atom. The zero-order valence-corrected chi connectivity index (χ0v) is 10.4. The quantitative estimate of drug-likeness (QED) is 0.433. The van der Waals surface area contributed by atoms with Gasteiger partial charge >= 0.3 is 0 Å². The number of rotatable bonds is 6. The van der Waals surface area contributed by atoms with Gasteiger partial charge in [-0.25, -0.2) is 5.84 Å². The van der Waals surface area contributed by atoms with E-state index in [0.29, 0.717) is 6.54 Å². The summed E-state index contributed by atoms with van der Waals surface area (Å²) in [5.41, 5.74) is 3.17. The molecule has 17 heavy (non-hydrogen) atoms. The average molecular weight is 236 g/mol. The van der Waals surface area contributed by atoms with E-state index in [4.69, 9.17) is 5.84 Å². The topological polar surface area (TPSA) is 71.2 Å². The summed E-state index contributed by atoms with van der Waals surface area (Å²) in [7, 11) is 0. The molecule has 1 unspecified atom stereocenters. The van der Waals surface area contributed by atoms with Gasteiger partial charge in [-0.1, -0.05) is 19.9 Å². The zero-order valence-electron chi connectivity index (χ0n) is 10.4. The number of hydrazine groups is 1. The summed E-state index contributed by atoms with van der Waals surface area (Å²) >= 11 is 0. The Morgan fingerprint density at radius 2 is 2.29 bits per heavy atom. The van der Waals surface area contributed by atoms with Crippen LogP contribution in [0.1, 0.15) is 26.0 Å². The minimum atomic E-state index is -0.202.